The van der Waals surface area contributed by atoms with E-state index in [0.29, 0.717) is 6.54 Å². The van der Waals surface area contributed by atoms with Crippen molar-refractivity contribution < 1.29 is 4.92 Å². The average Bonchev–Trinajstić information content (AvgIpc) is 2.68. The largest absolute Gasteiger partial charge is 0.360 e. The molecule has 0 bridgehead atoms. The summed E-state index contributed by atoms with van der Waals surface area (Å²) < 4.78 is 0. The van der Waals surface area contributed by atoms with Gasteiger partial charge in [0.15, 0.2) is 0 Å². The lowest BCUT2D eigenvalue weighted by Crippen LogP contribution is -2.08. The average molecular weight is 363 g/mol. The van der Waals surface area contributed by atoms with Gasteiger partial charge in [0.1, 0.15) is 6.33 Å². The minimum atomic E-state index is -0.464. The Morgan fingerprint density at radius 2 is 1.74 bits per heavy atom. The second-order valence-electron chi connectivity index (χ2n) is 6.15. The topological polar surface area (TPSA) is 93.0 Å². The van der Waals surface area contributed by atoms with E-state index < -0.39 is 4.92 Å². The van der Waals surface area contributed by atoms with Crippen molar-refractivity contribution in [3.63, 3.8) is 0 Å². The van der Waals surface area contributed by atoms with Gasteiger partial charge in [0.05, 0.1) is 4.92 Å². The number of benzene rings is 2. The number of para-hydroxylation sites is 1. The summed E-state index contributed by atoms with van der Waals surface area (Å²) in [7, 11) is 0. The molecule has 7 nitrogen and oxygen atoms in total. The van der Waals surface area contributed by atoms with Gasteiger partial charge >= 0.3 is 5.69 Å². The Morgan fingerprint density at radius 1 is 1.04 bits per heavy atom. The van der Waals surface area contributed by atoms with Crippen molar-refractivity contribution in [2.75, 3.05) is 10.6 Å². The molecule has 27 heavy (non-hydrogen) atoms. The van der Waals surface area contributed by atoms with E-state index in [1.165, 1.54) is 6.33 Å². The molecule has 0 atom stereocenters. The molecule has 7 heteroatoms. The summed E-state index contributed by atoms with van der Waals surface area (Å²) in [6, 6.07) is 15.6. The Hall–Kier alpha value is -3.48. The van der Waals surface area contributed by atoms with Gasteiger partial charge in [0.25, 0.3) is 0 Å². The monoisotopic (exact) mass is 363 g/mol. The number of hydrogen-bond donors (Lipinski definition) is 2. The van der Waals surface area contributed by atoms with Gasteiger partial charge in [0.2, 0.25) is 11.6 Å². The third-order valence-electron chi connectivity index (χ3n) is 4.24. The number of aryl methyl sites for hydroxylation is 2. The van der Waals surface area contributed by atoms with Crippen LogP contribution in [-0.2, 0) is 13.0 Å². The van der Waals surface area contributed by atoms with Crippen molar-refractivity contribution in [1.82, 2.24) is 9.97 Å². The highest BCUT2D eigenvalue weighted by molar-refractivity contribution is 5.74. The number of rotatable bonds is 7. The Kier molecular flexibility index (Phi) is 5.61. The van der Waals surface area contributed by atoms with E-state index in [9.17, 15) is 10.1 Å². The first-order valence-electron chi connectivity index (χ1n) is 8.72. The van der Waals surface area contributed by atoms with Crippen LogP contribution in [0.3, 0.4) is 0 Å². The van der Waals surface area contributed by atoms with Gasteiger partial charge < -0.3 is 10.6 Å². The molecule has 0 saturated heterocycles. The van der Waals surface area contributed by atoms with Gasteiger partial charge in [-0.05, 0) is 30.5 Å². The van der Waals surface area contributed by atoms with Crippen LogP contribution in [0.4, 0.5) is 23.0 Å². The van der Waals surface area contributed by atoms with E-state index in [-0.39, 0.29) is 17.3 Å². The zero-order valence-corrected chi connectivity index (χ0v) is 15.3. The molecule has 0 amide bonds. The minimum Gasteiger partial charge on any atom is -0.360 e. The van der Waals surface area contributed by atoms with Crippen LogP contribution >= 0.6 is 0 Å². The van der Waals surface area contributed by atoms with Crippen molar-refractivity contribution in [3.05, 3.63) is 81.7 Å². The number of nitrogens with one attached hydrogen (secondary N) is 2. The van der Waals surface area contributed by atoms with Crippen molar-refractivity contribution >= 4 is 23.0 Å². The third-order valence-corrected chi connectivity index (χ3v) is 4.24. The summed E-state index contributed by atoms with van der Waals surface area (Å²) in [5.41, 5.74) is 3.86. The molecule has 0 aliphatic rings. The number of nitrogens with zero attached hydrogens (tertiary/aromatic N) is 3. The first kappa shape index (κ1) is 18.3. The molecule has 2 aromatic carbocycles. The van der Waals surface area contributed by atoms with Crippen LogP contribution in [0.5, 0.6) is 0 Å². The zero-order chi connectivity index (χ0) is 19.2. The van der Waals surface area contributed by atoms with Crippen LogP contribution in [0.15, 0.2) is 54.9 Å². The van der Waals surface area contributed by atoms with E-state index in [1.54, 1.807) is 0 Å². The Morgan fingerprint density at radius 3 is 2.44 bits per heavy atom. The van der Waals surface area contributed by atoms with Gasteiger partial charge in [-0.25, -0.2) is 9.97 Å². The van der Waals surface area contributed by atoms with Gasteiger partial charge in [-0.3, -0.25) is 10.1 Å². The number of anilines is 3. The fraction of sp³-hybridized carbons (Fsp3) is 0.200. The van der Waals surface area contributed by atoms with Crippen LogP contribution in [0.1, 0.15) is 23.6 Å². The predicted octanol–water partition coefficient (Wildman–Crippen LogP) is 4.61. The summed E-state index contributed by atoms with van der Waals surface area (Å²) >= 11 is 0. The fourth-order valence-corrected chi connectivity index (χ4v) is 2.74. The molecule has 1 aromatic heterocycles. The summed E-state index contributed by atoms with van der Waals surface area (Å²) in [6.07, 6.45) is 2.13. The fourth-order valence-electron chi connectivity index (χ4n) is 2.74. The van der Waals surface area contributed by atoms with Crippen LogP contribution < -0.4 is 10.6 Å². The van der Waals surface area contributed by atoms with Crippen molar-refractivity contribution in [1.29, 1.82) is 0 Å². The number of hydrogen-bond acceptors (Lipinski definition) is 6. The van der Waals surface area contributed by atoms with Gasteiger partial charge in [0, 0.05) is 12.2 Å². The molecule has 3 aromatic rings. The normalized spacial score (nSPS) is 10.4. The second kappa shape index (κ2) is 8.27. The molecule has 0 fully saturated rings. The second-order valence-corrected chi connectivity index (χ2v) is 6.15. The molecule has 0 aliphatic carbocycles. The summed E-state index contributed by atoms with van der Waals surface area (Å²) in [6.45, 7) is 4.48. The standard InChI is InChI=1S/C20H21N5O2/c1-3-16-6-4-5-7-17(16)24-20-18(25(26)27)19(22-13-23-20)21-12-15-10-8-14(2)9-11-15/h4-11,13H,3,12H2,1-2H3,(H2,21,22,23,24). The molecule has 0 unspecified atom stereocenters. The van der Waals surface area contributed by atoms with E-state index in [1.807, 2.05) is 62.4 Å². The van der Waals surface area contributed by atoms with E-state index in [0.717, 1.165) is 28.8 Å². The Labute approximate surface area is 157 Å². The molecule has 2 N–H and O–H groups in total. The number of aromatic nitrogens is 2. The van der Waals surface area contributed by atoms with Crippen LogP contribution in [0.2, 0.25) is 0 Å². The molecule has 0 radical (unpaired) electrons. The minimum absolute atomic E-state index is 0.169. The molecular formula is C20H21N5O2. The first-order chi connectivity index (χ1) is 13.1. The smallest absolute Gasteiger partial charge is 0.353 e. The maximum absolute atomic E-state index is 11.7. The zero-order valence-electron chi connectivity index (χ0n) is 15.3. The van der Waals surface area contributed by atoms with E-state index in [2.05, 4.69) is 20.6 Å². The Balaban J connectivity index is 1.88. The molecule has 0 saturated carbocycles. The van der Waals surface area contributed by atoms with Crippen LogP contribution in [0, 0.1) is 17.0 Å². The molecule has 0 spiro atoms. The van der Waals surface area contributed by atoms with Crippen molar-refractivity contribution in [2.24, 2.45) is 0 Å². The molecule has 1 heterocycles. The van der Waals surface area contributed by atoms with Crippen molar-refractivity contribution in [2.45, 2.75) is 26.8 Å². The molecule has 0 aliphatic heterocycles. The maximum Gasteiger partial charge on any atom is 0.353 e. The van der Waals surface area contributed by atoms with Crippen molar-refractivity contribution in [3.8, 4) is 0 Å². The lowest BCUT2D eigenvalue weighted by atomic mass is 10.1. The van der Waals surface area contributed by atoms with E-state index >= 15 is 0 Å². The third kappa shape index (κ3) is 4.38. The lowest BCUT2D eigenvalue weighted by Gasteiger charge is -2.12. The lowest BCUT2D eigenvalue weighted by molar-refractivity contribution is -0.383. The van der Waals surface area contributed by atoms with Gasteiger partial charge in [-0.2, -0.15) is 0 Å². The van der Waals surface area contributed by atoms with Crippen LogP contribution in [0.25, 0.3) is 0 Å². The summed E-state index contributed by atoms with van der Waals surface area (Å²) in [5.74, 6) is 0.356. The predicted molar refractivity (Wildman–Crippen MR) is 106 cm³/mol. The highest BCUT2D eigenvalue weighted by Gasteiger charge is 2.23. The van der Waals surface area contributed by atoms with Gasteiger partial charge in [-0.1, -0.05) is 55.0 Å². The van der Waals surface area contributed by atoms with E-state index in [4.69, 9.17) is 0 Å². The first-order valence-corrected chi connectivity index (χ1v) is 8.72. The number of nitro groups is 1. The maximum atomic E-state index is 11.7. The SMILES string of the molecule is CCc1ccccc1Nc1ncnc(NCc2ccc(C)cc2)c1[N+](=O)[O-]. The molecule has 3 rings (SSSR count). The highest BCUT2D eigenvalue weighted by Crippen LogP contribution is 2.32. The Bertz CT molecular complexity index is 941. The summed E-state index contributed by atoms with van der Waals surface area (Å²) in [4.78, 5) is 19.4. The quantitative estimate of drug-likeness (QED) is 0.470. The van der Waals surface area contributed by atoms with Crippen LogP contribution in [-0.4, -0.2) is 14.9 Å². The van der Waals surface area contributed by atoms with Gasteiger partial charge in [-0.15, -0.1) is 0 Å². The molecule has 138 valence electrons. The highest BCUT2D eigenvalue weighted by atomic mass is 16.6. The summed E-state index contributed by atoms with van der Waals surface area (Å²) in [5, 5.41) is 17.8. The molecular weight excluding hydrogens is 342 g/mol.